The maximum absolute atomic E-state index is 12.0. The molecule has 0 aliphatic carbocycles. The fourth-order valence-electron chi connectivity index (χ4n) is 2.00. The van der Waals surface area contributed by atoms with Gasteiger partial charge in [-0.3, -0.25) is 5.41 Å². The predicted molar refractivity (Wildman–Crippen MR) is 81.1 cm³/mol. The summed E-state index contributed by atoms with van der Waals surface area (Å²) in [6.45, 7) is 1.78. The number of benzene rings is 1. The Kier molecular flexibility index (Phi) is 4.61. The molecule has 8 heteroatoms. The number of hydrogen-bond donors (Lipinski definition) is 2. The second-order valence-electron chi connectivity index (χ2n) is 4.40. The molecule has 1 aromatic carbocycles. The van der Waals surface area contributed by atoms with Crippen LogP contribution >= 0.6 is 0 Å². The summed E-state index contributed by atoms with van der Waals surface area (Å²) in [7, 11) is 1.47. The molecule has 2 aromatic rings. The number of hydrogen-bond acceptors (Lipinski definition) is 7. The minimum atomic E-state index is -0.759. The third-order valence-electron chi connectivity index (χ3n) is 3.07. The molecule has 0 aliphatic heterocycles. The molecule has 8 nitrogen and oxygen atoms in total. The number of nitrogen functional groups attached to an aromatic ring is 1. The van der Waals surface area contributed by atoms with Gasteiger partial charge in [0.2, 0.25) is 0 Å². The van der Waals surface area contributed by atoms with Crippen molar-refractivity contribution in [2.45, 2.75) is 6.92 Å². The van der Waals surface area contributed by atoms with Crippen molar-refractivity contribution < 1.29 is 14.3 Å². The zero-order valence-corrected chi connectivity index (χ0v) is 12.7. The van der Waals surface area contributed by atoms with Crippen LogP contribution in [0.5, 0.6) is 5.75 Å². The molecule has 0 radical (unpaired) electrons. The Morgan fingerprint density at radius 3 is 2.78 bits per heavy atom. The molecule has 23 heavy (non-hydrogen) atoms. The van der Waals surface area contributed by atoms with Gasteiger partial charge in [-0.1, -0.05) is 12.1 Å². The molecular weight excluding hydrogens is 298 g/mol. The topological polar surface area (TPSA) is 127 Å². The second-order valence-corrected chi connectivity index (χ2v) is 4.40. The number of anilines is 1. The van der Waals surface area contributed by atoms with Crippen molar-refractivity contribution >= 4 is 11.7 Å². The molecule has 0 fully saturated rings. The highest BCUT2D eigenvalue weighted by Crippen LogP contribution is 2.21. The van der Waals surface area contributed by atoms with Crippen molar-refractivity contribution in [3.8, 4) is 17.5 Å². The summed E-state index contributed by atoms with van der Waals surface area (Å²) in [5.41, 5.74) is 5.40. The highest BCUT2D eigenvalue weighted by molar-refractivity contribution is 5.93. The van der Waals surface area contributed by atoms with Crippen LogP contribution in [0.4, 0.5) is 5.69 Å². The first-order valence-corrected chi connectivity index (χ1v) is 6.73. The second kappa shape index (κ2) is 6.62. The van der Waals surface area contributed by atoms with Gasteiger partial charge in [0, 0.05) is 0 Å². The first-order valence-electron chi connectivity index (χ1n) is 6.73. The number of carbonyl (C=O) groups excluding carboxylic acids is 1. The fourth-order valence-corrected chi connectivity index (χ4v) is 2.00. The van der Waals surface area contributed by atoms with Crippen LogP contribution < -0.4 is 16.0 Å². The first kappa shape index (κ1) is 16.0. The molecule has 3 N–H and O–H groups in total. The van der Waals surface area contributed by atoms with Gasteiger partial charge in [0.05, 0.1) is 19.4 Å². The Hall–Kier alpha value is -3.34. The minimum absolute atomic E-state index is 0.138. The molecular formula is C15H15N5O3. The number of nitrogens with zero attached hydrogens (tertiary/aromatic N) is 3. The number of rotatable bonds is 4. The molecule has 0 unspecified atom stereocenters. The van der Waals surface area contributed by atoms with Crippen LogP contribution in [0.3, 0.4) is 0 Å². The lowest BCUT2D eigenvalue weighted by molar-refractivity contribution is 0.0518. The van der Waals surface area contributed by atoms with Crippen LogP contribution in [0.15, 0.2) is 24.3 Å². The Morgan fingerprint density at radius 1 is 1.48 bits per heavy atom. The summed E-state index contributed by atoms with van der Waals surface area (Å²) < 4.78 is 11.3. The maximum atomic E-state index is 12.0. The molecule has 0 saturated carbocycles. The number of carbonyl (C=O) groups is 1. The van der Waals surface area contributed by atoms with Gasteiger partial charge in [-0.25, -0.2) is 9.48 Å². The summed E-state index contributed by atoms with van der Waals surface area (Å²) in [5, 5.41) is 21.5. The SMILES string of the molecule is CCOC(=O)c1nn(-c2ccccc2OC)c(=N)c(C#N)c1N. The average molecular weight is 313 g/mol. The van der Waals surface area contributed by atoms with Crippen molar-refractivity contribution in [1.82, 2.24) is 9.78 Å². The molecule has 0 atom stereocenters. The number of para-hydroxylation sites is 2. The van der Waals surface area contributed by atoms with Crippen molar-refractivity contribution in [3.05, 3.63) is 41.0 Å². The van der Waals surface area contributed by atoms with Gasteiger partial charge in [0.1, 0.15) is 23.1 Å². The molecule has 118 valence electrons. The Bertz CT molecular complexity index is 851. The van der Waals surface area contributed by atoms with Crippen molar-refractivity contribution in [2.75, 3.05) is 19.5 Å². The third-order valence-corrected chi connectivity index (χ3v) is 3.07. The number of nitriles is 1. The van der Waals surface area contributed by atoms with Crippen LogP contribution in [0, 0.1) is 16.7 Å². The van der Waals surface area contributed by atoms with Gasteiger partial charge in [-0.05, 0) is 19.1 Å². The number of nitrogens with two attached hydrogens (primary N) is 1. The molecule has 1 aromatic heterocycles. The number of ether oxygens (including phenoxy) is 2. The summed E-state index contributed by atoms with van der Waals surface area (Å²) in [6.07, 6.45) is 0. The van der Waals surface area contributed by atoms with Crippen LogP contribution in [-0.4, -0.2) is 29.5 Å². The van der Waals surface area contributed by atoms with E-state index in [4.69, 9.17) is 20.6 Å². The van der Waals surface area contributed by atoms with E-state index in [-0.39, 0.29) is 29.0 Å². The average Bonchev–Trinajstić information content (AvgIpc) is 2.55. The van der Waals surface area contributed by atoms with Crippen LogP contribution in [-0.2, 0) is 4.74 Å². The van der Waals surface area contributed by atoms with E-state index >= 15 is 0 Å². The highest BCUT2D eigenvalue weighted by Gasteiger charge is 2.21. The van der Waals surface area contributed by atoms with Crippen molar-refractivity contribution in [1.29, 1.82) is 10.7 Å². The van der Waals surface area contributed by atoms with E-state index in [9.17, 15) is 10.1 Å². The monoisotopic (exact) mass is 313 g/mol. The Labute approximate surface area is 132 Å². The largest absolute Gasteiger partial charge is 0.494 e. The summed E-state index contributed by atoms with van der Waals surface area (Å²) in [6, 6.07) is 8.62. The van der Waals surface area contributed by atoms with E-state index in [0.717, 1.165) is 4.68 Å². The maximum Gasteiger partial charge on any atom is 0.361 e. The molecule has 0 saturated heterocycles. The summed E-state index contributed by atoms with van der Waals surface area (Å²) >= 11 is 0. The standard InChI is InChI=1S/C15H15N5O3/c1-3-23-15(21)13-12(17)9(8-16)14(18)20(19-13)10-6-4-5-7-11(10)22-2/h4-7,18H,3,17H2,1-2H3. The molecule has 1 heterocycles. The van der Waals surface area contributed by atoms with Gasteiger partial charge >= 0.3 is 5.97 Å². The van der Waals surface area contributed by atoms with Crippen LogP contribution in [0.25, 0.3) is 5.69 Å². The molecule has 0 bridgehead atoms. The molecule has 0 spiro atoms. The molecule has 0 amide bonds. The minimum Gasteiger partial charge on any atom is -0.494 e. The first-order chi connectivity index (χ1) is 11.0. The number of aromatic nitrogens is 2. The number of esters is 1. The van der Waals surface area contributed by atoms with E-state index < -0.39 is 5.97 Å². The molecule has 0 aliphatic rings. The van der Waals surface area contributed by atoms with Crippen molar-refractivity contribution in [3.63, 3.8) is 0 Å². The Morgan fingerprint density at radius 2 is 2.17 bits per heavy atom. The van der Waals surface area contributed by atoms with Gasteiger partial charge in [-0.15, -0.1) is 0 Å². The van der Waals surface area contributed by atoms with Crippen LogP contribution in [0.1, 0.15) is 23.0 Å². The smallest absolute Gasteiger partial charge is 0.361 e. The lowest BCUT2D eigenvalue weighted by Crippen LogP contribution is -2.29. The summed E-state index contributed by atoms with van der Waals surface area (Å²) in [5.74, 6) is -0.327. The van der Waals surface area contributed by atoms with Gasteiger partial charge in [0.25, 0.3) is 0 Å². The summed E-state index contributed by atoms with van der Waals surface area (Å²) in [4.78, 5) is 12.0. The lowest BCUT2D eigenvalue weighted by atomic mass is 10.2. The zero-order chi connectivity index (χ0) is 17.0. The Balaban J connectivity index is 2.79. The highest BCUT2D eigenvalue weighted by atomic mass is 16.5. The van der Waals surface area contributed by atoms with Crippen molar-refractivity contribution in [2.24, 2.45) is 0 Å². The normalized spacial score (nSPS) is 9.96. The quantitative estimate of drug-likeness (QED) is 0.810. The van der Waals surface area contributed by atoms with Gasteiger partial charge < -0.3 is 15.2 Å². The van der Waals surface area contributed by atoms with E-state index in [1.807, 2.05) is 6.07 Å². The fraction of sp³-hybridized carbons (Fsp3) is 0.200. The molecule has 2 rings (SSSR count). The third kappa shape index (κ3) is 2.85. The van der Waals surface area contributed by atoms with E-state index in [0.29, 0.717) is 11.4 Å². The van der Waals surface area contributed by atoms with Crippen LogP contribution in [0.2, 0.25) is 0 Å². The van der Waals surface area contributed by atoms with E-state index in [1.165, 1.54) is 7.11 Å². The number of methoxy groups -OCH3 is 1. The lowest BCUT2D eigenvalue weighted by Gasteiger charge is -2.14. The van der Waals surface area contributed by atoms with Gasteiger partial charge in [-0.2, -0.15) is 10.4 Å². The van der Waals surface area contributed by atoms with E-state index in [2.05, 4.69) is 5.10 Å². The zero-order valence-electron chi connectivity index (χ0n) is 12.7. The predicted octanol–water partition coefficient (Wildman–Crippen LogP) is 0.991. The van der Waals surface area contributed by atoms with E-state index in [1.54, 1.807) is 31.2 Å². The number of nitrogens with one attached hydrogen (secondary N) is 1. The van der Waals surface area contributed by atoms with Gasteiger partial charge in [0.15, 0.2) is 11.2 Å².